The fraction of sp³-hybridized carbons (Fsp3) is 0. The maximum Gasteiger partial charge on any atom is 0.160 e. The molecule has 0 amide bonds. The highest BCUT2D eigenvalue weighted by Gasteiger charge is 2.15. The molecule has 0 bridgehead atoms. The lowest BCUT2D eigenvalue weighted by Gasteiger charge is -2.14. The van der Waals surface area contributed by atoms with E-state index in [0.717, 1.165) is 39.2 Å². The molecule has 0 N–H and O–H groups in total. The molecular formula is C48H30N2S. The van der Waals surface area contributed by atoms with Crippen LogP contribution in [0.3, 0.4) is 0 Å². The first-order valence-electron chi connectivity index (χ1n) is 17.2. The van der Waals surface area contributed by atoms with E-state index < -0.39 is 0 Å². The topological polar surface area (TPSA) is 25.8 Å². The molecule has 10 aromatic rings. The Kier molecular flexibility index (Phi) is 7.04. The van der Waals surface area contributed by atoms with Gasteiger partial charge >= 0.3 is 0 Å². The van der Waals surface area contributed by atoms with Crippen LogP contribution in [0.25, 0.3) is 97.9 Å². The molecule has 0 aliphatic heterocycles. The molecule has 0 aliphatic carbocycles. The van der Waals surface area contributed by atoms with Crippen LogP contribution in [0.1, 0.15) is 0 Å². The van der Waals surface area contributed by atoms with E-state index in [9.17, 15) is 0 Å². The number of rotatable bonds is 5. The highest BCUT2D eigenvalue weighted by atomic mass is 32.1. The summed E-state index contributed by atoms with van der Waals surface area (Å²) < 4.78 is 2.61. The van der Waals surface area contributed by atoms with Gasteiger partial charge < -0.3 is 0 Å². The molecule has 2 nitrogen and oxygen atoms in total. The summed E-state index contributed by atoms with van der Waals surface area (Å²) in [7, 11) is 0. The second kappa shape index (κ2) is 12.2. The van der Waals surface area contributed by atoms with Crippen molar-refractivity contribution in [3.63, 3.8) is 0 Å². The summed E-state index contributed by atoms with van der Waals surface area (Å²) in [5.74, 6) is 0.707. The zero-order valence-corrected chi connectivity index (χ0v) is 28.4. The van der Waals surface area contributed by atoms with Crippen molar-refractivity contribution in [3.05, 3.63) is 182 Å². The first kappa shape index (κ1) is 29.5. The molecule has 10 rings (SSSR count). The van der Waals surface area contributed by atoms with Crippen LogP contribution in [0.2, 0.25) is 0 Å². The number of hydrogen-bond acceptors (Lipinski definition) is 3. The van der Waals surface area contributed by atoms with Crippen LogP contribution >= 0.6 is 11.3 Å². The molecule has 238 valence electrons. The Hall–Kier alpha value is -6.42. The Balaban J connectivity index is 1.19. The number of thiophene rings is 1. The quantitative estimate of drug-likeness (QED) is 0.171. The van der Waals surface area contributed by atoms with Crippen LogP contribution in [-0.2, 0) is 0 Å². The third-order valence-electron chi connectivity index (χ3n) is 9.85. The molecule has 0 aliphatic rings. The monoisotopic (exact) mass is 666 g/mol. The summed E-state index contributed by atoms with van der Waals surface area (Å²) in [5, 5.41) is 7.50. The Morgan fingerprint density at radius 2 is 0.843 bits per heavy atom. The normalized spacial score (nSPS) is 11.5. The average molecular weight is 667 g/mol. The molecule has 0 unspecified atom stereocenters. The lowest BCUT2D eigenvalue weighted by molar-refractivity contribution is 1.18. The van der Waals surface area contributed by atoms with Crippen molar-refractivity contribution in [1.82, 2.24) is 9.97 Å². The first-order valence-corrected chi connectivity index (χ1v) is 18.0. The van der Waals surface area contributed by atoms with Crippen LogP contribution < -0.4 is 0 Å². The number of nitrogens with zero attached hydrogens (tertiary/aromatic N) is 2. The van der Waals surface area contributed by atoms with Crippen LogP contribution in [0.5, 0.6) is 0 Å². The van der Waals surface area contributed by atoms with Crippen LogP contribution in [0, 0.1) is 0 Å². The van der Waals surface area contributed by atoms with Crippen molar-refractivity contribution in [1.29, 1.82) is 0 Å². The predicted molar refractivity (Wildman–Crippen MR) is 217 cm³/mol. The van der Waals surface area contributed by atoms with Gasteiger partial charge in [-0.15, -0.1) is 11.3 Å². The summed E-state index contributed by atoms with van der Waals surface area (Å²) in [5.41, 5.74) is 9.54. The third-order valence-corrected chi connectivity index (χ3v) is 11.0. The maximum atomic E-state index is 5.25. The first-order chi connectivity index (χ1) is 25.2. The van der Waals surface area contributed by atoms with Crippen molar-refractivity contribution in [2.75, 3.05) is 0 Å². The van der Waals surface area contributed by atoms with Gasteiger partial charge in [-0.05, 0) is 92.3 Å². The van der Waals surface area contributed by atoms with Crippen molar-refractivity contribution in [2.45, 2.75) is 0 Å². The minimum atomic E-state index is 0.707. The largest absolute Gasteiger partial charge is 0.228 e. The standard InChI is InChI=1S/C48H30N2S/c1-3-11-31(12-4-1)37-25-38(35-23-24-47-43(28-35)41-17-9-10-18-46(41)51-47)27-39(26-37)45-30-44(49-48(50-45)34-14-5-2-6-15-34)36-22-21-33-20-19-32-13-7-8-16-40(32)42(33)29-36/h1-30H. The van der Waals surface area contributed by atoms with E-state index in [0.29, 0.717) is 5.82 Å². The van der Waals surface area contributed by atoms with E-state index in [2.05, 4.69) is 164 Å². The SMILES string of the molecule is c1ccc(-c2cc(-c3ccc4sc5ccccc5c4c3)cc(-c3cc(-c4ccc5ccc6ccccc6c5c4)nc(-c4ccccc4)n3)c2)cc1. The van der Waals surface area contributed by atoms with Crippen molar-refractivity contribution in [2.24, 2.45) is 0 Å². The smallest absolute Gasteiger partial charge is 0.160 e. The molecule has 2 aromatic heterocycles. The van der Waals surface area contributed by atoms with E-state index in [1.165, 1.54) is 52.8 Å². The molecule has 0 radical (unpaired) electrons. The number of benzene rings is 8. The number of fused-ring (bicyclic) bond motifs is 6. The molecular weight excluding hydrogens is 637 g/mol. The summed E-state index contributed by atoms with van der Waals surface area (Å²) in [6.45, 7) is 0. The fourth-order valence-corrected chi connectivity index (χ4v) is 8.35. The van der Waals surface area contributed by atoms with Gasteiger partial charge in [0.25, 0.3) is 0 Å². The molecule has 8 aromatic carbocycles. The van der Waals surface area contributed by atoms with E-state index in [1.54, 1.807) is 0 Å². The molecule has 0 spiro atoms. The van der Waals surface area contributed by atoms with E-state index in [1.807, 2.05) is 29.5 Å². The van der Waals surface area contributed by atoms with Crippen LogP contribution in [0.15, 0.2) is 182 Å². The Morgan fingerprint density at radius 1 is 0.294 bits per heavy atom. The number of hydrogen-bond donors (Lipinski definition) is 0. The fourth-order valence-electron chi connectivity index (χ4n) is 7.27. The average Bonchev–Trinajstić information content (AvgIpc) is 3.59. The summed E-state index contributed by atoms with van der Waals surface area (Å²) in [6, 6.07) is 65.2. The van der Waals surface area contributed by atoms with Gasteiger partial charge in [-0.3, -0.25) is 0 Å². The van der Waals surface area contributed by atoms with Gasteiger partial charge in [-0.1, -0.05) is 133 Å². The summed E-state index contributed by atoms with van der Waals surface area (Å²) in [6.07, 6.45) is 0. The highest BCUT2D eigenvalue weighted by molar-refractivity contribution is 7.25. The van der Waals surface area contributed by atoms with Gasteiger partial charge in [0.15, 0.2) is 5.82 Å². The highest BCUT2D eigenvalue weighted by Crippen LogP contribution is 2.39. The molecule has 51 heavy (non-hydrogen) atoms. The molecule has 2 heterocycles. The minimum absolute atomic E-state index is 0.707. The van der Waals surface area contributed by atoms with Crippen LogP contribution in [-0.4, -0.2) is 9.97 Å². The molecule has 0 saturated carbocycles. The summed E-state index contributed by atoms with van der Waals surface area (Å²) in [4.78, 5) is 10.4. The third kappa shape index (κ3) is 5.36. The van der Waals surface area contributed by atoms with Gasteiger partial charge in [0.1, 0.15) is 0 Å². The van der Waals surface area contributed by atoms with Gasteiger partial charge in [-0.25, -0.2) is 9.97 Å². The zero-order valence-electron chi connectivity index (χ0n) is 27.6. The van der Waals surface area contributed by atoms with Crippen molar-refractivity contribution < 1.29 is 0 Å². The Morgan fingerprint density at radius 3 is 1.65 bits per heavy atom. The molecule has 0 atom stereocenters. The molecule has 3 heteroatoms. The van der Waals surface area contributed by atoms with Crippen LogP contribution in [0.4, 0.5) is 0 Å². The second-order valence-electron chi connectivity index (χ2n) is 13.0. The van der Waals surface area contributed by atoms with Gasteiger partial charge in [0.2, 0.25) is 0 Å². The van der Waals surface area contributed by atoms with E-state index in [4.69, 9.17) is 9.97 Å². The lowest BCUT2D eigenvalue weighted by atomic mass is 9.93. The van der Waals surface area contributed by atoms with E-state index >= 15 is 0 Å². The van der Waals surface area contributed by atoms with Gasteiger partial charge in [-0.2, -0.15) is 0 Å². The molecule has 0 fully saturated rings. The lowest BCUT2D eigenvalue weighted by Crippen LogP contribution is -1.96. The minimum Gasteiger partial charge on any atom is -0.228 e. The second-order valence-corrected chi connectivity index (χ2v) is 14.1. The maximum absolute atomic E-state index is 5.25. The van der Waals surface area contributed by atoms with E-state index in [-0.39, 0.29) is 0 Å². The molecule has 0 saturated heterocycles. The Bertz CT molecular complexity index is 2910. The van der Waals surface area contributed by atoms with Gasteiger partial charge in [0, 0.05) is 36.9 Å². The zero-order chi connectivity index (χ0) is 33.7. The van der Waals surface area contributed by atoms with Gasteiger partial charge in [0.05, 0.1) is 11.4 Å². The van der Waals surface area contributed by atoms with Crippen molar-refractivity contribution >= 4 is 53.1 Å². The number of aromatic nitrogens is 2. The predicted octanol–water partition coefficient (Wildman–Crippen LogP) is 13.5. The van der Waals surface area contributed by atoms with Crippen molar-refractivity contribution in [3.8, 4) is 56.2 Å². The summed E-state index contributed by atoms with van der Waals surface area (Å²) >= 11 is 1.85. The Labute approximate surface area is 300 Å².